The van der Waals surface area contributed by atoms with Gasteiger partial charge in [-0.15, -0.1) is 0 Å². The summed E-state index contributed by atoms with van der Waals surface area (Å²) in [5.41, 5.74) is 16.7. The van der Waals surface area contributed by atoms with Crippen LogP contribution in [0.4, 0.5) is 0 Å². The zero-order chi connectivity index (χ0) is 32.6. The quantitative estimate of drug-likeness (QED) is 0.0259. The first kappa shape index (κ1) is 38.1. The van der Waals surface area contributed by atoms with Crippen LogP contribution in [0.15, 0.2) is 23.2 Å². The average molecular weight is 622 g/mol. The van der Waals surface area contributed by atoms with Gasteiger partial charge in [0, 0.05) is 37.7 Å². The van der Waals surface area contributed by atoms with Gasteiger partial charge in [0.1, 0.15) is 23.8 Å². The van der Waals surface area contributed by atoms with Crippen LogP contribution in [-0.2, 0) is 25.6 Å². The Hall–Kier alpha value is -3.95. The van der Waals surface area contributed by atoms with E-state index in [1.807, 2.05) is 0 Å². The van der Waals surface area contributed by atoms with Gasteiger partial charge in [0.25, 0.3) is 0 Å². The van der Waals surface area contributed by atoms with Crippen molar-refractivity contribution in [2.75, 3.05) is 45.8 Å². The number of unbranched alkanes of at least 4 members (excludes halogenated alkanes) is 2. The SMILES string of the molecule is NC(N)=NCCCC(N)C(=O)NCCCNCCCNCCCCCNC(=O)C(CC=O)NC(=O)Cc1ccc(O)cc1O. The van der Waals surface area contributed by atoms with E-state index in [4.69, 9.17) is 17.2 Å². The molecule has 1 aromatic rings. The maximum absolute atomic E-state index is 12.5. The molecule has 1 rings (SSSR count). The van der Waals surface area contributed by atoms with Crippen LogP contribution in [0.3, 0.4) is 0 Å². The molecule has 0 radical (unpaired) electrons. The third kappa shape index (κ3) is 18.6. The smallest absolute Gasteiger partial charge is 0.243 e. The third-order valence-electron chi connectivity index (χ3n) is 6.57. The predicted molar refractivity (Wildman–Crippen MR) is 169 cm³/mol. The molecule has 248 valence electrons. The molecule has 2 atom stereocenters. The minimum Gasteiger partial charge on any atom is -0.508 e. The van der Waals surface area contributed by atoms with Gasteiger partial charge in [-0.05, 0) is 70.8 Å². The Bertz CT molecular complexity index is 1040. The van der Waals surface area contributed by atoms with Crippen LogP contribution in [0.1, 0.15) is 56.9 Å². The van der Waals surface area contributed by atoms with E-state index in [0.717, 1.165) is 64.3 Å². The Labute approximate surface area is 259 Å². The maximum Gasteiger partial charge on any atom is 0.243 e. The Morgan fingerprint density at radius 2 is 1.45 bits per heavy atom. The molecule has 0 saturated heterocycles. The average Bonchev–Trinajstić information content (AvgIpc) is 2.98. The summed E-state index contributed by atoms with van der Waals surface area (Å²) in [7, 11) is 0. The molecule has 0 heterocycles. The number of nitrogens with two attached hydrogens (primary N) is 3. The Morgan fingerprint density at radius 1 is 0.841 bits per heavy atom. The van der Waals surface area contributed by atoms with Crippen molar-refractivity contribution in [2.24, 2.45) is 22.2 Å². The number of guanidine groups is 1. The molecule has 15 nitrogen and oxygen atoms in total. The standard InChI is InChI=1S/C29H51N9O6/c30-23(7-4-16-37-29(31)32)27(43)35-17-6-14-34-13-5-12-33-11-2-1-3-15-36-28(44)24(10-18-39)38-26(42)19-21-8-9-22(40)20-25(21)41/h8-9,18,20,23-24,33-34,40-41H,1-7,10-17,19,30H2,(H,35,43)(H,36,44)(H,38,42)(H4,31,32,37). The fourth-order valence-electron chi connectivity index (χ4n) is 4.13. The number of rotatable bonds is 25. The second-order valence-electron chi connectivity index (χ2n) is 10.4. The van der Waals surface area contributed by atoms with Gasteiger partial charge in [-0.2, -0.15) is 0 Å². The molecule has 1 aromatic carbocycles. The number of aldehydes is 1. The van der Waals surface area contributed by atoms with E-state index >= 15 is 0 Å². The van der Waals surface area contributed by atoms with Crippen LogP contribution in [0.25, 0.3) is 0 Å². The number of aliphatic imine (C=N–C) groups is 1. The second-order valence-corrected chi connectivity index (χ2v) is 10.4. The highest BCUT2D eigenvalue weighted by atomic mass is 16.3. The molecule has 13 N–H and O–H groups in total. The van der Waals surface area contributed by atoms with Crippen molar-refractivity contribution in [3.63, 3.8) is 0 Å². The molecule has 0 aromatic heterocycles. The molecule has 0 aliphatic carbocycles. The number of phenolic OH excluding ortho intramolecular Hbond substituents is 2. The van der Waals surface area contributed by atoms with Crippen molar-refractivity contribution < 1.29 is 29.4 Å². The van der Waals surface area contributed by atoms with Gasteiger partial charge in [-0.1, -0.05) is 12.5 Å². The van der Waals surface area contributed by atoms with Crippen molar-refractivity contribution in [3.8, 4) is 11.5 Å². The van der Waals surface area contributed by atoms with Crippen LogP contribution in [0.2, 0.25) is 0 Å². The Kier molecular flexibility index (Phi) is 20.3. The lowest BCUT2D eigenvalue weighted by molar-refractivity contribution is -0.129. The van der Waals surface area contributed by atoms with E-state index in [0.29, 0.717) is 44.3 Å². The van der Waals surface area contributed by atoms with Gasteiger partial charge in [-0.3, -0.25) is 19.4 Å². The summed E-state index contributed by atoms with van der Waals surface area (Å²) in [6, 6.07) is 2.33. The summed E-state index contributed by atoms with van der Waals surface area (Å²) >= 11 is 0. The van der Waals surface area contributed by atoms with Crippen LogP contribution in [0, 0.1) is 0 Å². The number of phenols is 2. The van der Waals surface area contributed by atoms with Crippen molar-refractivity contribution >= 4 is 30.0 Å². The Morgan fingerprint density at radius 3 is 2.11 bits per heavy atom. The summed E-state index contributed by atoms with van der Waals surface area (Å²) in [6.07, 6.45) is 5.78. The van der Waals surface area contributed by atoms with Crippen LogP contribution in [-0.4, -0.2) is 98.1 Å². The van der Waals surface area contributed by atoms with E-state index in [2.05, 4.69) is 31.6 Å². The topological polar surface area (TPSA) is 259 Å². The van der Waals surface area contributed by atoms with Crippen LogP contribution >= 0.6 is 0 Å². The van der Waals surface area contributed by atoms with Crippen LogP contribution in [0.5, 0.6) is 11.5 Å². The summed E-state index contributed by atoms with van der Waals surface area (Å²) in [4.78, 5) is 51.6. The molecular weight excluding hydrogens is 570 g/mol. The molecule has 0 fully saturated rings. The molecule has 2 unspecified atom stereocenters. The highest BCUT2D eigenvalue weighted by Gasteiger charge is 2.21. The number of hydrogen-bond donors (Lipinski definition) is 10. The van der Waals surface area contributed by atoms with E-state index in [-0.39, 0.29) is 36.2 Å². The number of carbonyl (C=O) groups is 4. The number of aromatic hydroxyl groups is 2. The number of benzene rings is 1. The molecule has 15 heteroatoms. The lowest BCUT2D eigenvalue weighted by Gasteiger charge is -2.16. The molecule has 44 heavy (non-hydrogen) atoms. The maximum atomic E-state index is 12.5. The van der Waals surface area contributed by atoms with Gasteiger partial charge in [0.2, 0.25) is 17.7 Å². The van der Waals surface area contributed by atoms with E-state index in [9.17, 15) is 29.4 Å². The number of amides is 3. The summed E-state index contributed by atoms with van der Waals surface area (Å²) in [5, 5.41) is 34.1. The third-order valence-corrected chi connectivity index (χ3v) is 6.57. The van der Waals surface area contributed by atoms with Gasteiger partial charge < -0.3 is 58.8 Å². The fraction of sp³-hybridized carbons (Fsp3) is 0.621. The first-order valence-corrected chi connectivity index (χ1v) is 15.2. The highest BCUT2D eigenvalue weighted by molar-refractivity contribution is 5.90. The van der Waals surface area contributed by atoms with Gasteiger partial charge in [-0.25, -0.2) is 0 Å². The molecule has 0 aliphatic heterocycles. The van der Waals surface area contributed by atoms with E-state index < -0.39 is 23.9 Å². The van der Waals surface area contributed by atoms with Crippen molar-refractivity contribution in [2.45, 2.75) is 69.9 Å². The van der Waals surface area contributed by atoms with E-state index in [1.165, 1.54) is 12.1 Å². The monoisotopic (exact) mass is 621 g/mol. The number of nitrogens with zero attached hydrogens (tertiary/aromatic N) is 1. The molecule has 0 aliphatic rings. The molecule has 0 saturated carbocycles. The summed E-state index contributed by atoms with van der Waals surface area (Å²) in [6.45, 7) is 4.85. The predicted octanol–water partition coefficient (Wildman–Crippen LogP) is -1.54. The lowest BCUT2D eigenvalue weighted by atomic mass is 10.1. The first-order chi connectivity index (χ1) is 21.1. The van der Waals surface area contributed by atoms with Crippen molar-refractivity contribution in [1.29, 1.82) is 0 Å². The number of hydrogen-bond acceptors (Lipinski definition) is 10. The van der Waals surface area contributed by atoms with Gasteiger partial charge >= 0.3 is 0 Å². The molecule has 0 bridgehead atoms. The number of nitrogens with one attached hydrogen (secondary N) is 5. The second kappa shape index (κ2) is 23.5. The minimum atomic E-state index is -0.995. The highest BCUT2D eigenvalue weighted by Crippen LogP contribution is 2.22. The summed E-state index contributed by atoms with van der Waals surface area (Å²) in [5.74, 6) is -1.45. The zero-order valence-corrected chi connectivity index (χ0v) is 25.5. The molecule has 0 spiro atoms. The zero-order valence-electron chi connectivity index (χ0n) is 25.5. The number of carbonyl (C=O) groups excluding carboxylic acids is 4. The minimum absolute atomic E-state index is 0.0320. The normalized spacial score (nSPS) is 12.1. The van der Waals surface area contributed by atoms with Gasteiger partial charge in [0.05, 0.1) is 12.5 Å². The largest absolute Gasteiger partial charge is 0.508 e. The van der Waals surface area contributed by atoms with Crippen molar-refractivity contribution in [3.05, 3.63) is 23.8 Å². The van der Waals surface area contributed by atoms with E-state index in [1.54, 1.807) is 0 Å². The first-order valence-electron chi connectivity index (χ1n) is 15.2. The lowest BCUT2D eigenvalue weighted by Crippen LogP contribution is -2.47. The fourth-order valence-corrected chi connectivity index (χ4v) is 4.13. The Balaban J connectivity index is 2.01. The molecule has 3 amide bonds. The van der Waals surface area contributed by atoms with Crippen molar-refractivity contribution in [1.82, 2.24) is 26.6 Å². The summed E-state index contributed by atoms with van der Waals surface area (Å²) < 4.78 is 0. The molecular formula is C29H51N9O6. The van der Waals surface area contributed by atoms with Gasteiger partial charge in [0.15, 0.2) is 5.96 Å². The van der Waals surface area contributed by atoms with Crippen LogP contribution < -0.4 is 43.8 Å².